The lowest BCUT2D eigenvalue weighted by Gasteiger charge is -2.18. The van der Waals surface area contributed by atoms with E-state index in [0.717, 1.165) is 57.8 Å². The molecule has 0 saturated carbocycles. The molecule has 0 aromatic carbocycles. The highest BCUT2D eigenvalue weighted by atomic mass is 16.6. The number of allylic oxidation sites excluding steroid dienone is 2. The third kappa shape index (κ3) is 53.1. The van der Waals surface area contributed by atoms with Crippen LogP contribution in [0.2, 0.25) is 0 Å². The lowest BCUT2D eigenvalue weighted by molar-refractivity contribution is -0.167. The third-order valence-electron chi connectivity index (χ3n) is 13.5. The molecule has 0 radical (unpaired) electrons. The van der Waals surface area contributed by atoms with Crippen molar-refractivity contribution < 1.29 is 28.6 Å². The first kappa shape index (κ1) is 64.2. The van der Waals surface area contributed by atoms with Crippen LogP contribution in [-0.2, 0) is 28.6 Å². The van der Waals surface area contributed by atoms with Crippen molar-refractivity contribution in [1.82, 2.24) is 0 Å². The maximum Gasteiger partial charge on any atom is 0.306 e. The summed E-state index contributed by atoms with van der Waals surface area (Å²) in [6.45, 7) is 6.67. The topological polar surface area (TPSA) is 78.9 Å². The Hall–Kier alpha value is -1.85. The first-order chi connectivity index (χ1) is 32.5. The van der Waals surface area contributed by atoms with E-state index < -0.39 is 6.10 Å². The summed E-state index contributed by atoms with van der Waals surface area (Å²) < 4.78 is 16.9. The fourth-order valence-electron chi connectivity index (χ4n) is 9.03. The lowest BCUT2D eigenvalue weighted by atomic mass is 10.0. The Bertz CT molecular complexity index is 1020. The molecular formula is C60H114O6. The first-order valence-corrected chi connectivity index (χ1v) is 29.7. The zero-order chi connectivity index (χ0) is 47.9. The van der Waals surface area contributed by atoms with Crippen molar-refractivity contribution in [1.29, 1.82) is 0 Å². The fourth-order valence-corrected chi connectivity index (χ4v) is 9.03. The van der Waals surface area contributed by atoms with Gasteiger partial charge in [-0.25, -0.2) is 0 Å². The summed E-state index contributed by atoms with van der Waals surface area (Å²) in [4.78, 5) is 38.1. The number of carbonyl (C=O) groups is 3. The molecule has 1 atom stereocenters. The standard InChI is InChI=1S/C60H114O6/c1-4-7-10-13-16-19-21-23-25-27-29-30-31-33-34-36-38-41-44-47-50-53-59(62)65-56-57(55-64-58(61)52-49-46-43-40-18-15-12-9-6-3)66-60(63)54-51-48-45-42-39-37-35-32-28-26-24-22-20-17-14-11-8-5-2/h26,28,57H,4-25,27,29-56H2,1-3H3/b28-26-. The van der Waals surface area contributed by atoms with Crippen LogP contribution in [0.4, 0.5) is 0 Å². The number of esters is 3. The minimum absolute atomic E-state index is 0.0660. The summed E-state index contributed by atoms with van der Waals surface area (Å²) in [5.74, 6) is -0.850. The molecule has 390 valence electrons. The lowest BCUT2D eigenvalue weighted by Crippen LogP contribution is -2.30. The quantitative estimate of drug-likeness (QED) is 0.0262. The van der Waals surface area contributed by atoms with Gasteiger partial charge in [-0.05, 0) is 44.9 Å². The molecule has 0 bridgehead atoms. The van der Waals surface area contributed by atoms with E-state index in [0.29, 0.717) is 19.3 Å². The molecule has 0 aliphatic heterocycles. The summed E-state index contributed by atoms with van der Waals surface area (Å²) in [7, 11) is 0. The molecule has 6 nitrogen and oxygen atoms in total. The van der Waals surface area contributed by atoms with Gasteiger partial charge >= 0.3 is 17.9 Å². The zero-order valence-corrected chi connectivity index (χ0v) is 44.7. The maximum atomic E-state index is 12.8. The van der Waals surface area contributed by atoms with Crippen molar-refractivity contribution >= 4 is 17.9 Å². The van der Waals surface area contributed by atoms with Crippen molar-refractivity contribution in [3.8, 4) is 0 Å². The van der Waals surface area contributed by atoms with Crippen LogP contribution in [0.25, 0.3) is 0 Å². The molecule has 6 heteroatoms. The summed E-state index contributed by atoms with van der Waals surface area (Å²) in [5.41, 5.74) is 0. The zero-order valence-electron chi connectivity index (χ0n) is 44.7. The Balaban J connectivity index is 4.20. The molecule has 0 spiro atoms. The Morgan fingerprint density at radius 2 is 0.500 bits per heavy atom. The van der Waals surface area contributed by atoms with Crippen LogP contribution < -0.4 is 0 Å². The summed E-state index contributed by atoms with van der Waals surface area (Å²) >= 11 is 0. The summed E-state index contributed by atoms with van der Waals surface area (Å²) in [5, 5.41) is 0. The monoisotopic (exact) mass is 931 g/mol. The van der Waals surface area contributed by atoms with Crippen LogP contribution in [-0.4, -0.2) is 37.2 Å². The third-order valence-corrected chi connectivity index (χ3v) is 13.5. The van der Waals surface area contributed by atoms with Gasteiger partial charge in [-0.1, -0.05) is 283 Å². The van der Waals surface area contributed by atoms with Crippen LogP contribution in [0.5, 0.6) is 0 Å². The van der Waals surface area contributed by atoms with Gasteiger partial charge < -0.3 is 14.2 Å². The Morgan fingerprint density at radius 3 is 0.758 bits per heavy atom. The van der Waals surface area contributed by atoms with E-state index in [1.165, 1.54) is 238 Å². The molecule has 0 N–H and O–H groups in total. The van der Waals surface area contributed by atoms with Gasteiger partial charge in [0.2, 0.25) is 0 Å². The van der Waals surface area contributed by atoms with Gasteiger partial charge in [0, 0.05) is 19.3 Å². The highest BCUT2D eigenvalue weighted by Gasteiger charge is 2.19. The normalized spacial score (nSPS) is 12.0. The molecule has 0 heterocycles. The van der Waals surface area contributed by atoms with Crippen LogP contribution in [0.1, 0.15) is 335 Å². The van der Waals surface area contributed by atoms with Gasteiger partial charge in [-0.2, -0.15) is 0 Å². The van der Waals surface area contributed by atoms with Crippen LogP contribution >= 0.6 is 0 Å². The minimum Gasteiger partial charge on any atom is -0.462 e. The summed E-state index contributed by atoms with van der Waals surface area (Å²) in [6.07, 6.45) is 63.6. The van der Waals surface area contributed by atoms with Gasteiger partial charge in [0.15, 0.2) is 6.10 Å². The molecule has 1 unspecified atom stereocenters. The average Bonchev–Trinajstić information content (AvgIpc) is 3.31. The van der Waals surface area contributed by atoms with Crippen LogP contribution in [0.15, 0.2) is 12.2 Å². The number of hydrogen-bond donors (Lipinski definition) is 0. The molecule has 0 aromatic heterocycles. The van der Waals surface area contributed by atoms with E-state index in [-0.39, 0.29) is 31.1 Å². The van der Waals surface area contributed by atoms with E-state index in [2.05, 4.69) is 32.9 Å². The number of carbonyl (C=O) groups excluding carboxylic acids is 3. The van der Waals surface area contributed by atoms with E-state index >= 15 is 0 Å². The maximum absolute atomic E-state index is 12.8. The number of unbranched alkanes of at least 4 members (excludes halogenated alkanes) is 42. The van der Waals surface area contributed by atoms with E-state index in [1.807, 2.05) is 0 Å². The Morgan fingerprint density at radius 1 is 0.288 bits per heavy atom. The average molecular weight is 932 g/mol. The Kier molecular flexibility index (Phi) is 54.2. The van der Waals surface area contributed by atoms with Gasteiger partial charge in [-0.15, -0.1) is 0 Å². The fraction of sp³-hybridized carbons (Fsp3) is 0.917. The molecule has 0 amide bonds. The molecular weight excluding hydrogens is 817 g/mol. The van der Waals surface area contributed by atoms with Gasteiger partial charge in [0.25, 0.3) is 0 Å². The molecule has 0 aromatic rings. The molecule has 0 saturated heterocycles. The second kappa shape index (κ2) is 55.7. The number of hydrogen-bond acceptors (Lipinski definition) is 6. The van der Waals surface area contributed by atoms with Crippen molar-refractivity contribution in [2.75, 3.05) is 13.2 Å². The van der Waals surface area contributed by atoms with Crippen LogP contribution in [0, 0.1) is 0 Å². The van der Waals surface area contributed by atoms with E-state index in [9.17, 15) is 14.4 Å². The highest BCUT2D eigenvalue weighted by Crippen LogP contribution is 2.17. The predicted octanol–water partition coefficient (Wildman–Crippen LogP) is 19.7. The van der Waals surface area contributed by atoms with Crippen molar-refractivity contribution in [3.05, 3.63) is 12.2 Å². The molecule has 0 fully saturated rings. The number of ether oxygens (including phenoxy) is 3. The van der Waals surface area contributed by atoms with E-state index in [1.54, 1.807) is 0 Å². The highest BCUT2D eigenvalue weighted by molar-refractivity contribution is 5.71. The van der Waals surface area contributed by atoms with Gasteiger partial charge in [-0.3, -0.25) is 14.4 Å². The first-order valence-electron chi connectivity index (χ1n) is 29.7. The van der Waals surface area contributed by atoms with Crippen LogP contribution in [0.3, 0.4) is 0 Å². The minimum atomic E-state index is -0.766. The van der Waals surface area contributed by atoms with Crippen molar-refractivity contribution in [2.45, 2.75) is 341 Å². The van der Waals surface area contributed by atoms with Crippen molar-refractivity contribution in [3.63, 3.8) is 0 Å². The molecule has 0 rings (SSSR count). The van der Waals surface area contributed by atoms with Gasteiger partial charge in [0.1, 0.15) is 13.2 Å². The largest absolute Gasteiger partial charge is 0.462 e. The van der Waals surface area contributed by atoms with E-state index in [4.69, 9.17) is 14.2 Å². The second-order valence-corrected chi connectivity index (χ2v) is 20.3. The molecule has 66 heavy (non-hydrogen) atoms. The number of rotatable bonds is 55. The Labute approximate surface area is 411 Å². The smallest absolute Gasteiger partial charge is 0.306 e. The predicted molar refractivity (Wildman–Crippen MR) is 284 cm³/mol. The summed E-state index contributed by atoms with van der Waals surface area (Å²) in [6, 6.07) is 0. The van der Waals surface area contributed by atoms with Crippen molar-refractivity contribution in [2.24, 2.45) is 0 Å². The molecule has 0 aliphatic carbocycles. The molecule has 0 aliphatic rings. The second-order valence-electron chi connectivity index (χ2n) is 20.3. The SMILES string of the molecule is CCCCCCCCC/C=C\CCCCCCCCCC(=O)OC(COC(=O)CCCCCCCCCCC)COC(=O)CCCCCCCCCCCCCCCCCCCCCCC. The van der Waals surface area contributed by atoms with Gasteiger partial charge in [0.05, 0.1) is 0 Å².